The van der Waals surface area contributed by atoms with Crippen LogP contribution in [0.4, 0.5) is 0 Å². The molecule has 172 valence electrons. The molecule has 2 unspecified atom stereocenters. The summed E-state index contributed by atoms with van der Waals surface area (Å²) >= 11 is 0. The normalized spacial score (nSPS) is 17.8. The van der Waals surface area contributed by atoms with Crippen molar-refractivity contribution in [3.63, 3.8) is 0 Å². The first-order valence-corrected chi connectivity index (χ1v) is 12.6. The highest BCUT2D eigenvalue weighted by Gasteiger charge is 2.25. The average Bonchev–Trinajstić information content (AvgIpc) is 3.15. The van der Waals surface area contributed by atoms with E-state index in [1.54, 1.807) is 0 Å². The summed E-state index contributed by atoms with van der Waals surface area (Å²) in [4.78, 5) is 13.6. The fourth-order valence-electron chi connectivity index (χ4n) is 5.13. The molecule has 0 bridgehead atoms. The zero-order valence-electron chi connectivity index (χ0n) is 19.7. The summed E-state index contributed by atoms with van der Waals surface area (Å²) in [5.74, 6) is 0.169. The molecule has 2 atom stereocenters. The highest BCUT2D eigenvalue weighted by Crippen LogP contribution is 2.33. The summed E-state index contributed by atoms with van der Waals surface area (Å²) in [5, 5.41) is 5.82. The van der Waals surface area contributed by atoms with E-state index in [0.717, 1.165) is 50.2 Å². The number of nitrogens with zero attached hydrogens (tertiary/aromatic N) is 1. The molecule has 4 nitrogen and oxygen atoms in total. The number of nitrogens with one attached hydrogen (secondary N) is 1. The molecule has 1 aliphatic heterocycles. The van der Waals surface area contributed by atoms with Gasteiger partial charge in [-0.1, -0.05) is 76.3 Å². The summed E-state index contributed by atoms with van der Waals surface area (Å²) < 4.78 is 8.27. The summed E-state index contributed by atoms with van der Waals surface area (Å²) in [7, 11) is 0. The summed E-state index contributed by atoms with van der Waals surface area (Å²) in [6.07, 6.45) is 8.50. The molecule has 0 aliphatic carbocycles. The number of aryl methyl sites for hydroxylation is 1. The van der Waals surface area contributed by atoms with E-state index in [1.807, 2.05) is 12.1 Å². The van der Waals surface area contributed by atoms with Gasteiger partial charge in [0.1, 0.15) is 0 Å². The number of fused-ring (bicyclic) bond motifs is 3. The SMILES string of the molecule is CCCCCCCCn1c2ccccc2c2cccc(C(=O)C(C)CC3CNCCO3)c21. The van der Waals surface area contributed by atoms with Crippen molar-refractivity contribution in [1.82, 2.24) is 9.88 Å². The number of hydrogen-bond donors (Lipinski definition) is 1. The molecule has 0 radical (unpaired) electrons. The van der Waals surface area contributed by atoms with Crippen molar-refractivity contribution in [2.45, 2.75) is 71.4 Å². The summed E-state index contributed by atoms with van der Waals surface area (Å²) in [6.45, 7) is 7.74. The lowest BCUT2D eigenvalue weighted by molar-refractivity contribution is 0.0153. The molecule has 0 amide bonds. The number of aromatic nitrogens is 1. The molecule has 4 heteroatoms. The van der Waals surface area contributed by atoms with E-state index in [1.165, 1.54) is 48.4 Å². The third-order valence-corrected chi connectivity index (χ3v) is 6.86. The van der Waals surface area contributed by atoms with Crippen molar-refractivity contribution in [2.24, 2.45) is 5.92 Å². The van der Waals surface area contributed by atoms with Crippen LogP contribution in [0, 0.1) is 5.92 Å². The van der Waals surface area contributed by atoms with Crippen LogP contribution in [0.3, 0.4) is 0 Å². The third kappa shape index (κ3) is 5.07. The van der Waals surface area contributed by atoms with Gasteiger partial charge in [-0.2, -0.15) is 0 Å². The second-order valence-electron chi connectivity index (χ2n) is 9.34. The number of unbranched alkanes of at least 4 members (excludes halogenated alkanes) is 5. The monoisotopic (exact) mass is 434 g/mol. The minimum atomic E-state index is -0.0639. The van der Waals surface area contributed by atoms with Crippen LogP contribution in [-0.2, 0) is 11.3 Å². The second-order valence-corrected chi connectivity index (χ2v) is 9.34. The minimum Gasteiger partial charge on any atom is -0.376 e. The maximum Gasteiger partial charge on any atom is 0.167 e. The quantitative estimate of drug-likeness (QED) is 0.282. The molecule has 2 heterocycles. The summed E-state index contributed by atoms with van der Waals surface area (Å²) in [5.41, 5.74) is 3.21. The van der Waals surface area contributed by atoms with Gasteiger partial charge in [-0.25, -0.2) is 0 Å². The molecule has 32 heavy (non-hydrogen) atoms. The average molecular weight is 435 g/mol. The smallest absolute Gasteiger partial charge is 0.167 e. The second kappa shape index (κ2) is 11.1. The lowest BCUT2D eigenvalue weighted by Crippen LogP contribution is -2.40. The fraction of sp³-hybridized carbons (Fsp3) is 0.536. The number of ketones is 1. The fourth-order valence-corrected chi connectivity index (χ4v) is 5.13. The zero-order chi connectivity index (χ0) is 22.3. The van der Waals surface area contributed by atoms with Crippen LogP contribution in [0.25, 0.3) is 21.8 Å². The lowest BCUT2D eigenvalue weighted by Gasteiger charge is -2.25. The maximum atomic E-state index is 13.6. The van der Waals surface area contributed by atoms with Gasteiger partial charge in [0.25, 0.3) is 0 Å². The van der Waals surface area contributed by atoms with Gasteiger partial charge in [0.2, 0.25) is 0 Å². The predicted octanol–water partition coefficient (Wildman–Crippen LogP) is 6.35. The van der Waals surface area contributed by atoms with E-state index in [-0.39, 0.29) is 17.8 Å². The summed E-state index contributed by atoms with van der Waals surface area (Å²) in [6, 6.07) is 14.8. The zero-order valence-corrected chi connectivity index (χ0v) is 19.7. The van der Waals surface area contributed by atoms with Crippen molar-refractivity contribution < 1.29 is 9.53 Å². The topological polar surface area (TPSA) is 43.3 Å². The van der Waals surface area contributed by atoms with E-state index in [2.05, 4.69) is 54.1 Å². The van der Waals surface area contributed by atoms with Crippen molar-refractivity contribution in [3.8, 4) is 0 Å². The van der Waals surface area contributed by atoms with Gasteiger partial charge in [-0.15, -0.1) is 0 Å². The molecule has 1 N–H and O–H groups in total. The van der Waals surface area contributed by atoms with E-state index >= 15 is 0 Å². The molecule has 1 saturated heterocycles. The van der Waals surface area contributed by atoms with Gasteiger partial charge in [0.05, 0.1) is 18.2 Å². The first-order chi connectivity index (χ1) is 15.7. The molecule has 1 aliphatic rings. The van der Waals surface area contributed by atoms with Crippen LogP contribution < -0.4 is 5.32 Å². The van der Waals surface area contributed by atoms with Crippen LogP contribution in [-0.4, -0.2) is 36.2 Å². The molecular formula is C28H38N2O2. The first kappa shape index (κ1) is 23.0. The van der Waals surface area contributed by atoms with Gasteiger partial charge in [0, 0.05) is 47.4 Å². The van der Waals surface area contributed by atoms with Crippen molar-refractivity contribution >= 4 is 27.6 Å². The van der Waals surface area contributed by atoms with E-state index < -0.39 is 0 Å². The van der Waals surface area contributed by atoms with Gasteiger partial charge >= 0.3 is 0 Å². The maximum absolute atomic E-state index is 13.6. The molecule has 0 saturated carbocycles. The van der Waals surface area contributed by atoms with Crippen LogP contribution in [0.15, 0.2) is 42.5 Å². The lowest BCUT2D eigenvalue weighted by atomic mass is 9.92. The molecule has 1 fully saturated rings. The van der Waals surface area contributed by atoms with Crippen molar-refractivity contribution in [1.29, 1.82) is 0 Å². The molecule has 0 spiro atoms. The van der Waals surface area contributed by atoms with Crippen LogP contribution in [0.5, 0.6) is 0 Å². The van der Waals surface area contributed by atoms with Crippen molar-refractivity contribution in [3.05, 3.63) is 48.0 Å². The molecule has 2 aromatic carbocycles. The van der Waals surface area contributed by atoms with Gasteiger partial charge < -0.3 is 14.6 Å². The van der Waals surface area contributed by atoms with Crippen LogP contribution in [0.2, 0.25) is 0 Å². The van der Waals surface area contributed by atoms with Crippen LogP contribution in [0.1, 0.15) is 69.2 Å². The molecule has 1 aromatic heterocycles. The number of ether oxygens (including phenoxy) is 1. The van der Waals surface area contributed by atoms with E-state index in [4.69, 9.17) is 4.74 Å². The molecular weight excluding hydrogens is 396 g/mol. The van der Waals surface area contributed by atoms with Crippen LogP contribution >= 0.6 is 0 Å². The largest absolute Gasteiger partial charge is 0.376 e. The van der Waals surface area contributed by atoms with E-state index in [0.29, 0.717) is 0 Å². The molecule has 4 rings (SSSR count). The Bertz CT molecular complexity index is 1030. The number of carbonyl (C=O) groups is 1. The van der Waals surface area contributed by atoms with Gasteiger partial charge in [0.15, 0.2) is 5.78 Å². The highest BCUT2D eigenvalue weighted by atomic mass is 16.5. The number of morpholine rings is 1. The molecule has 3 aromatic rings. The Hall–Kier alpha value is -2.17. The van der Waals surface area contributed by atoms with Crippen molar-refractivity contribution in [2.75, 3.05) is 19.7 Å². The third-order valence-electron chi connectivity index (χ3n) is 6.86. The Labute approximate surface area is 192 Å². The van der Waals surface area contributed by atoms with E-state index in [9.17, 15) is 4.79 Å². The number of hydrogen-bond acceptors (Lipinski definition) is 3. The highest BCUT2D eigenvalue weighted by molar-refractivity contribution is 6.16. The first-order valence-electron chi connectivity index (χ1n) is 12.6. The Kier molecular flexibility index (Phi) is 7.99. The van der Waals surface area contributed by atoms with Gasteiger partial charge in [-0.3, -0.25) is 4.79 Å². The number of rotatable bonds is 11. The number of Topliss-reactive ketones (excluding diaryl/α,β-unsaturated/α-hetero) is 1. The number of para-hydroxylation sites is 2. The standard InChI is InChI=1S/C28H38N2O2/c1-3-4-5-6-7-10-17-30-26-15-9-8-12-23(26)24-13-11-14-25(27(24)30)28(31)21(2)19-22-20-29-16-18-32-22/h8-9,11-15,21-22,29H,3-7,10,16-20H2,1-2H3. The minimum absolute atomic E-state index is 0.0639. The van der Waals surface area contributed by atoms with Gasteiger partial charge in [-0.05, 0) is 25.0 Å². The Morgan fingerprint density at radius 1 is 1.06 bits per heavy atom. The number of benzene rings is 2. The Morgan fingerprint density at radius 2 is 1.84 bits per heavy atom. The Morgan fingerprint density at radius 3 is 2.66 bits per heavy atom. The number of carbonyl (C=O) groups excluding carboxylic acids is 1. The Balaban J connectivity index is 1.61. The predicted molar refractivity (Wildman–Crippen MR) is 134 cm³/mol.